The van der Waals surface area contributed by atoms with Crippen molar-refractivity contribution in [1.29, 1.82) is 0 Å². The van der Waals surface area contributed by atoms with Gasteiger partial charge in [0.1, 0.15) is 0 Å². The van der Waals surface area contributed by atoms with Crippen molar-refractivity contribution in [2.45, 2.75) is 121 Å². The number of β-amino-alcohol motifs (C(OH)–C–C–N with tert-alkyl or cyclic N) is 1. The van der Waals surface area contributed by atoms with Gasteiger partial charge in [0.15, 0.2) is 5.78 Å². The molecule has 1 aliphatic heterocycles. The summed E-state index contributed by atoms with van der Waals surface area (Å²) >= 11 is 0. The second kappa shape index (κ2) is 8.99. The monoisotopic (exact) mass is 537 g/mol. The van der Waals surface area contributed by atoms with Crippen molar-refractivity contribution in [2.24, 2.45) is 39.4 Å². The average molecular weight is 538 g/mol. The lowest BCUT2D eigenvalue weighted by Crippen LogP contribution is -2.67. The minimum absolute atomic E-state index is 0.0380. The van der Waals surface area contributed by atoms with E-state index in [2.05, 4.69) is 37.0 Å². The number of Topliss-reactive ketones (excluding diaryl/α,β-unsaturated/α-hetero) is 1. The Kier molecular flexibility index (Phi) is 6.19. The fourth-order valence-corrected chi connectivity index (χ4v) is 11.9. The molecule has 39 heavy (non-hydrogen) atoms. The third-order valence-electron chi connectivity index (χ3n) is 14.1. The number of rotatable bonds is 5. The molecule has 0 radical (unpaired) electrons. The summed E-state index contributed by atoms with van der Waals surface area (Å²) in [6, 6.07) is 0.159. The van der Waals surface area contributed by atoms with Crippen LogP contribution in [0.25, 0.3) is 0 Å². The second-order valence-electron chi connectivity index (χ2n) is 15.5. The van der Waals surface area contributed by atoms with Crippen molar-refractivity contribution in [2.75, 3.05) is 19.7 Å². The number of ketones is 1. The minimum Gasteiger partial charge on any atom is -0.395 e. The highest BCUT2D eigenvalue weighted by Gasteiger charge is 2.74. The van der Waals surface area contributed by atoms with E-state index < -0.39 is 5.60 Å². The van der Waals surface area contributed by atoms with Crippen molar-refractivity contribution in [3.05, 3.63) is 23.8 Å². The first-order valence-electron chi connectivity index (χ1n) is 16.4. The van der Waals surface area contributed by atoms with Crippen LogP contribution in [0.2, 0.25) is 0 Å². The van der Waals surface area contributed by atoms with E-state index in [-0.39, 0.29) is 52.2 Å². The Morgan fingerprint density at radius 1 is 0.923 bits per heavy atom. The Bertz CT molecular complexity index is 1080. The van der Waals surface area contributed by atoms with Crippen LogP contribution in [0.15, 0.2) is 23.8 Å². The number of aliphatic hydroxyl groups excluding tert-OH is 2. The fraction of sp³-hybridized carbons (Fsp3) is 0.853. The van der Waals surface area contributed by atoms with E-state index in [1.807, 2.05) is 0 Å². The van der Waals surface area contributed by atoms with E-state index >= 15 is 0 Å². The van der Waals surface area contributed by atoms with Gasteiger partial charge >= 0.3 is 0 Å². The van der Waals surface area contributed by atoms with E-state index in [9.17, 15) is 20.1 Å². The van der Waals surface area contributed by atoms with Crippen molar-refractivity contribution in [3.63, 3.8) is 0 Å². The number of carbonyl (C=O) groups excluding carboxylic acids is 1. The lowest BCUT2D eigenvalue weighted by molar-refractivity contribution is -0.180. The summed E-state index contributed by atoms with van der Waals surface area (Å²) in [6.45, 7) is 6.58. The van der Waals surface area contributed by atoms with E-state index in [1.54, 1.807) is 0 Å². The maximum Gasteiger partial charge on any atom is 0.162 e. The highest BCUT2D eigenvalue weighted by molar-refractivity contribution is 6.00. The van der Waals surface area contributed by atoms with Crippen LogP contribution in [0.4, 0.5) is 0 Å². The Balaban J connectivity index is 1.32. The minimum atomic E-state index is -0.808. The predicted molar refractivity (Wildman–Crippen MR) is 152 cm³/mol. The molecule has 5 nitrogen and oxygen atoms in total. The standard InChI is InChI=1S/C34H51NO4/c1-30-13-10-25(37)19-32(30)16-17-34(26(20-32)29(38)23-7-4-3-5-8-23)27(30)11-14-31(2)28(34)12-15-33(31,39)22-35-18-6-9-24(35)21-36/h16-17,20,23-25,27-28,36-37,39H,3-15,18-19,21-22H2,1-2H3. The van der Waals surface area contributed by atoms with Gasteiger partial charge in [-0.25, -0.2) is 0 Å². The van der Waals surface area contributed by atoms with Crippen molar-refractivity contribution >= 4 is 5.78 Å². The molecule has 0 amide bonds. The molecule has 5 fully saturated rings. The Morgan fingerprint density at radius 3 is 2.41 bits per heavy atom. The van der Waals surface area contributed by atoms with E-state index in [0.29, 0.717) is 18.2 Å². The van der Waals surface area contributed by atoms with Crippen LogP contribution in [0.3, 0.4) is 0 Å². The zero-order valence-corrected chi connectivity index (χ0v) is 24.3. The molecular formula is C34H51NO4. The first-order chi connectivity index (χ1) is 18.6. The maximum absolute atomic E-state index is 14.6. The molecule has 216 valence electrons. The van der Waals surface area contributed by atoms with Gasteiger partial charge in [0.25, 0.3) is 0 Å². The zero-order chi connectivity index (χ0) is 27.3. The third kappa shape index (κ3) is 3.42. The van der Waals surface area contributed by atoms with Gasteiger partial charge in [0.2, 0.25) is 0 Å². The lowest BCUT2D eigenvalue weighted by Gasteiger charge is -2.71. The smallest absolute Gasteiger partial charge is 0.162 e. The summed E-state index contributed by atoms with van der Waals surface area (Å²) in [5.74, 6) is 1.14. The molecule has 0 aromatic rings. The SMILES string of the molecule is CC12CCC(O)CC13C=CC1(C(C(=O)C4CCCCC4)=C3)C2CCC2(C)C1CCC2(O)CN1CCCC1CO. The summed E-state index contributed by atoms with van der Waals surface area (Å²) < 4.78 is 0. The molecule has 1 heterocycles. The molecule has 3 N–H and O–H groups in total. The topological polar surface area (TPSA) is 81.0 Å². The summed E-state index contributed by atoms with van der Waals surface area (Å²) in [5, 5.41) is 33.4. The summed E-state index contributed by atoms with van der Waals surface area (Å²) in [5.41, 5.74) is -0.517. The molecule has 4 saturated carbocycles. The van der Waals surface area contributed by atoms with Crippen LogP contribution in [0.1, 0.15) is 104 Å². The summed E-state index contributed by atoms with van der Waals surface area (Å²) in [7, 11) is 0. The number of carbonyl (C=O) groups is 1. The molecule has 9 unspecified atom stereocenters. The molecule has 5 heteroatoms. The van der Waals surface area contributed by atoms with Crippen LogP contribution >= 0.6 is 0 Å². The van der Waals surface area contributed by atoms with Gasteiger partial charge in [0.05, 0.1) is 18.3 Å². The molecule has 2 bridgehead atoms. The number of nitrogens with zero attached hydrogens (tertiary/aromatic N) is 1. The second-order valence-corrected chi connectivity index (χ2v) is 15.5. The highest BCUT2D eigenvalue weighted by atomic mass is 16.3. The number of hydrogen-bond donors (Lipinski definition) is 3. The van der Waals surface area contributed by atoms with Gasteiger partial charge in [0, 0.05) is 40.3 Å². The molecule has 8 rings (SSSR count). The maximum atomic E-state index is 14.6. The molecular weight excluding hydrogens is 486 g/mol. The van der Waals surface area contributed by atoms with Gasteiger partial charge in [-0.05, 0) is 94.4 Å². The predicted octanol–water partition coefficient (Wildman–Crippen LogP) is 5.18. The highest BCUT2D eigenvalue weighted by Crippen LogP contribution is 2.78. The quantitative estimate of drug-likeness (QED) is 0.421. The first-order valence-corrected chi connectivity index (χ1v) is 16.4. The Labute approximate surface area is 235 Å². The Morgan fingerprint density at radius 2 is 1.64 bits per heavy atom. The molecule has 9 atom stereocenters. The average Bonchev–Trinajstić information content (AvgIpc) is 3.49. The first kappa shape index (κ1) is 26.9. The van der Waals surface area contributed by atoms with E-state index in [4.69, 9.17) is 0 Å². The number of fused-ring (bicyclic) bond motifs is 1. The van der Waals surface area contributed by atoms with Crippen molar-refractivity contribution in [3.8, 4) is 0 Å². The van der Waals surface area contributed by atoms with Gasteiger partial charge in [-0.1, -0.05) is 51.3 Å². The largest absolute Gasteiger partial charge is 0.395 e. The lowest BCUT2D eigenvalue weighted by atomic mass is 9.32. The van der Waals surface area contributed by atoms with Crippen LogP contribution in [0.5, 0.6) is 0 Å². The number of likely N-dealkylation sites (tertiary alicyclic amines) is 1. The third-order valence-corrected chi connectivity index (χ3v) is 14.1. The molecule has 0 aromatic carbocycles. The fourth-order valence-electron chi connectivity index (χ4n) is 11.9. The van der Waals surface area contributed by atoms with Crippen molar-refractivity contribution < 1.29 is 20.1 Å². The summed E-state index contributed by atoms with van der Waals surface area (Å²) in [6.07, 6.45) is 21.0. The molecule has 1 saturated heterocycles. The summed E-state index contributed by atoms with van der Waals surface area (Å²) in [4.78, 5) is 17.0. The Hall–Kier alpha value is -1.01. The van der Waals surface area contributed by atoms with Crippen LogP contribution in [-0.4, -0.2) is 63.4 Å². The van der Waals surface area contributed by atoms with Crippen LogP contribution in [0, 0.1) is 39.4 Å². The van der Waals surface area contributed by atoms with Crippen molar-refractivity contribution in [1.82, 2.24) is 4.90 Å². The number of hydrogen-bond acceptors (Lipinski definition) is 5. The molecule has 8 aliphatic rings. The molecule has 0 aromatic heterocycles. The van der Waals surface area contributed by atoms with Gasteiger partial charge in [-0.15, -0.1) is 0 Å². The molecule has 7 aliphatic carbocycles. The van der Waals surface area contributed by atoms with E-state index in [1.165, 1.54) is 6.42 Å². The van der Waals surface area contributed by atoms with Crippen LogP contribution in [-0.2, 0) is 4.79 Å². The number of allylic oxidation sites excluding steroid dienone is 4. The molecule has 2 spiro atoms. The normalized spacial score (nSPS) is 51.4. The number of aliphatic hydroxyl groups is 3. The van der Waals surface area contributed by atoms with Crippen LogP contribution < -0.4 is 0 Å². The van der Waals surface area contributed by atoms with Gasteiger partial charge < -0.3 is 15.3 Å². The zero-order valence-electron chi connectivity index (χ0n) is 24.3. The van der Waals surface area contributed by atoms with Gasteiger partial charge in [-0.2, -0.15) is 0 Å². The van der Waals surface area contributed by atoms with E-state index in [0.717, 1.165) is 95.6 Å². The van der Waals surface area contributed by atoms with Gasteiger partial charge in [-0.3, -0.25) is 9.69 Å².